The van der Waals surface area contributed by atoms with Gasteiger partial charge < -0.3 is 10.6 Å². The number of hydrogen-bond acceptors (Lipinski definition) is 2. The molecule has 1 aromatic carbocycles. The smallest absolute Gasteiger partial charge is 0.0148 e. The minimum atomic E-state index is 0.675. The summed E-state index contributed by atoms with van der Waals surface area (Å²) in [5, 5.41) is 7.27. The van der Waals surface area contributed by atoms with Crippen LogP contribution in [-0.4, -0.2) is 25.2 Å². The normalized spacial score (nSPS) is 24.1. The number of rotatable bonds is 4. The van der Waals surface area contributed by atoms with Crippen LogP contribution in [0.2, 0.25) is 0 Å². The second-order valence-electron chi connectivity index (χ2n) is 5.41. The van der Waals surface area contributed by atoms with Crippen molar-refractivity contribution < 1.29 is 0 Å². The van der Waals surface area contributed by atoms with Gasteiger partial charge in [-0.05, 0) is 56.3 Å². The molecule has 1 aliphatic heterocycles. The van der Waals surface area contributed by atoms with Crippen molar-refractivity contribution in [2.24, 2.45) is 0 Å². The molecule has 2 N–H and O–H groups in total. The van der Waals surface area contributed by atoms with Gasteiger partial charge in [-0.2, -0.15) is 0 Å². The first-order valence-corrected chi connectivity index (χ1v) is 6.95. The summed E-state index contributed by atoms with van der Waals surface area (Å²) in [6.07, 6.45) is 6.45. The Bertz CT molecular complexity index is 344. The molecule has 0 aromatic heterocycles. The Morgan fingerprint density at radius 3 is 2.59 bits per heavy atom. The van der Waals surface area contributed by atoms with Gasteiger partial charge in [0.1, 0.15) is 0 Å². The van der Waals surface area contributed by atoms with Gasteiger partial charge in [0.15, 0.2) is 0 Å². The van der Waals surface area contributed by atoms with Crippen LogP contribution >= 0.6 is 0 Å². The molecular weight excluding hydrogens is 208 g/mol. The molecule has 2 aliphatic rings. The van der Waals surface area contributed by atoms with Gasteiger partial charge in [0.2, 0.25) is 0 Å². The van der Waals surface area contributed by atoms with Crippen molar-refractivity contribution >= 4 is 0 Å². The maximum absolute atomic E-state index is 3.72. The summed E-state index contributed by atoms with van der Waals surface area (Å²) in [4.78, 5) is 0. The van der Waals surface area contributed by atoms with Gasteiger partial charge >= 0.3 is 0 Å². The number of benzene rings is 1. The predicted molar refractivity (Wildman–Crippen MR) is 71.3 cm³/mol. The fourth-order valence-corrected chi connectivity index (χ4v) is 3.17. The molecule has 1 aliphatic carbocycles. The average molecular weight is 230 g/mol. The lowest BCUT2D eigenvalue weighted by Gasteiger charge is -2.14. The molecule has 0 spiro atoms. The van der Waals surface area contributed by atoms with Crippen LogP contribution in [0.1, 0.15) is 30.4 Å². The molecule has 3 rings (SSSR count). The van der Waals surface area contributed by atoms with E-state index in [2.05, 4.69) is 34.9 Å². The Hall–Kier alpha value is -0.860. The highest BCUT2D eigenvalue weighted by Gasteiger charge is 2.20. The zero-order valence-corrected chi connectivity index (χ0v) is 10.4. The largest absolute Gasteiger partial charge is 0.314 e. The molecule has 0 bridgehead atoms. The SMILES string of the molecule is c1ccc2c(c1)CC(NCCC1CCCN1)C2. The van der Waals surface area contributed by atoms with E-state index in [1.165, 1.54) is 38.6 Å². The molecule has 1 fully saturated rings. The third-order valence-electron chi connectivity index (χ3n) is 4.14. The molecule has 0 radical (unpaired) electrons. The number of fused-ring (bicyclic) bond motifs is 1. The van der Waals surface area contributed by atoms with Gasteiger partial charge in [0.05, 0.1) is 0 Å². The molecule has 17 heavy (non-hydrogen) atoms. The van der Waals surface area contributed by atoms with E-state index in [0.717, 1.165) is 12.6 Å². The van der Waals surface area contributed by atoms with Gasteiger partial charge in [-0.1, -0.05) is 24.3 Å². The molecule has 1 saturated heterocycles. The van der Waals surface area contributed by atoms with Gasteiger partial charge in [0, 0.05) is 12.1 Å². The average Bonchev–Trinajstić information content (AvgIpc) is 2.96. The second-order valence-corrected chi connectivity index (χ2v) is 5.41. The minimum absolute atomic E-state index is 0.675. The van der Waals surface area contributed by atoms with Crippen molar-refractivity contribution in [3.05, 3.63) is 35.4 Å². The van der Waals surface area contributed by atoms with Crippen molar-refractivity contribution in [3.63, 3.8) is 0 Å². The van der Waals surface area contributed by atoms with Crippen LogP contribution in [0.15, 0.2) is 24.3 Å². The fourth-order valence-electron chi connectivity index (χ4n) is 3.17. The molecule has 92 valence electrons. The van der Waals surface area contributed by atoms with Gasteiger partial charge in [0.25, 0.3) is 0 Å². The van der Waals surface area contributed by atoms with Crippen LogP contribution < -0.4 is 10.6 Å². The summed E-state index contributed by atoms with van der Waals surface area (Å²) in [5.41, 5.74) is 3.09. The quantitative estimate of drug-likeness (QED) is 0.825. The highest BCUT2D eigenvalue weighted by atomic mass is 15.0. The molecular formula is C15H22N2. The highest BCUT2D eigenvalue weighted by Crippen LogP contribution is 2.21. The highest BCUT2D eigenvalue weighted by molar-refractivity contribution is 5.33. The Kier molecular flexibility index (Phi) is 3.44. The van der Waals surface area contributed by atoms with Crippen LogP contribution in [0.25, 0.3) is 0 Å². The van der Waals surface area contributed by atoms with Crippen LogP contribution in [0.3, 0.4) is 0 Å². The third-order valence-corrected chi connectivity index (χ3v) is 4.14. The Morgan fingerprint density at radius 1 is 1.18 bits per heavy atom. The van der Waals surface area contributed by atoms with Crippen LogP contribution in [0, 0.1) is 0 Å². The zero-order valence-electron chi connectivity index (χ0n) is 10.4. The van der Waals surface area contributed by atoms with Crippen LogP contribution in [0.5, 0.6) is 0 Å². The first kappa shape index (κ1) is 11.2. The van der Waals surface area contributed by atoms with E-state index in [1.54, 1.807) is 11.1 Å². The van der Waals surface area contributed by atoms with Gasteiger partial charge in [-0.3, -0.25) is 0 Å². The molecule has 0 amide bonds. The molecule has 2 nitrogen and oxygen atoms in total. The molecule has 1 heterocycles. The Balaban J connectivity index is 1.43. The molecule has 0 saturated carbocycles. The second kappa shape index (κ2) is 5.19. The zero-order chi connectivity index (χ0) is 11.5. The van der Waals surface area contributed by atoms with E-state index in [4.69, 9.17) is 0 Å². The van der Waals surface area contributed by atoms with Crippen molar-refractivity contribution in [2.45, 2.75) is 44.2 Å². The summed E-state index contributed by atoms with van der Waals surface area (Å²) in [6.45, 7) is 2.38. The standard InChI is InChI=1S/C15H22N2/c1-2-5-13-11-15(10-12(13)4-1)17-9-7-14-6-3-8-16-14/h1-2,4-5,14-17H,3,6-11H2. The van der Waals surface area contributed by atoms with E-state index >= 15 is 0 Å². The maximum Gasteiger partial charge on any atom is 0.0148 e. The van der Waals surface area contributed by atoms with E-state index in [-0.39, 0.29) is 0 Å². The maximum atomic E-state index is 3.72. The van der Waals surface area contributed by atoms with E-state index < -0.39 is 0 Å². The van der Waals surface area contributed by atoms with Crippen molar-refractivity contribution in [1.82, 2.24) is 10.6 Å². The monoisotopic (exact) mass is 230 g/mol. The summed E-state index contributed by atoms with van der Waals surface area (Å²) >= 11 is 0. The number of hydrogen-bond donors (Lipinski definition) is 2. The Morgan fingerprint density at radius 2 is 1.94 bits per heavy atom. The summed E-state index contributed by atoms with van der Waals surface area (Å²) in [5.74, 6) is 0. The fraction of sp³-hybridized carbons (Fsp3) is 0.600. The lowest BCUT2D eigenvalue weighted by atomic mass is 10.1. The molecule has 1 atom stereocenters. The third kappa shape index (κ3) is 2.70. The van der Waals surface area contributed by atoms with Crippen molar-refractivity contribution in [1.29, 1.82) is 0 Å². The summed E-state index contributed by atoms with van der Waals surface area (Å²) in [7, 11) is 0. The molecule has 1 aromatic rings. The van der Waals surface area contributed by atoms with Crippen molar-refractivity contribution in [3.8, 4) is 0 Å². The molecule has 2 heteroatoms. The Labute approximate surface area is 104 Å². The van der Waals surface area contributed by atoms with Gasteiger partial charge in [-0.25, -0.2) is 0 Å². The topological polar surface area (TPSA) is 24.1 Å². The number of nitrogens with one attached hydrogen (secondary N) is 2. The van der Waals surface area contributed by atoms with E-state index in [0.29, 0.717) is 6.04 Å². The minimum Gasteiger partial charge on any atom is -0.314 e. The van der Waals surface area contributed by atoms with Crippen LogP contribution in [0.4, 0.5) is 0 Å². The lowest BCUT2D eigenvalue weighted by Crippen LogP contribution is -2.34. The first-order chi connectivity index (χ1) is 8.42. The molecule has 1 unspecified atom stereocenters. The first-order valence-electron chi connectivity index (χ1n) is 6.95. The van der Waals surface area contributed by atoms with Gasteiger partial charge in [-0.15, -0.1) is 0 Å². The van der Waals surface area contributed by atoms with Crippen LogP contribution in [-0.2, 0) is 12.8 Å². The van der Waals surface area contributed by atoms with Crippen molar-refractivity contribution in [2.75, 3.05) is 13.1 Å². The van der Waals surface area contributed by atoms with E-state index in [9.17, 15) is 0 Å². The van der Waals surface area contributed by atoms with E-state index in [1.807, 2.05) is 0 Å². The predicted octanol–water partition coefficient (Wildman–Crippen LogP) is 1.89. The summed E-state index contributed by atoms with van der Waals surface area (Å²) < 4.78 is 0. The lowest BCUT2D eigenvalue weighted by molar-refractivity contribution is 0.474. The summed E-state index contributed by atoms with van der Waals surface area (Å²) in [6, 6.07) is 10.3.